The molecule has 1 atom stereocenters. The SMILES string of the molecule is CC(C)CCS(=O)(=O)NC(C)(CN)CC(C)C.Cl. The Kier molecular flexibility index (Phi) is 9.50. The second kappa shape index (κ2) is 8.35. The van der Waals surface area contributed by atoms with Gasteiger partial charge in [-0.15, -0.1) is 12.4 Å². The molecule has 0 aliphatic carbocycles. The number of hydrogen-bond acceptors (Lipinski definition) is 3. The van der Waals surface area contributed by atoms with Crippen LogP contribution in [0.3, 0.4) is 0 Å². The van der Waals surface area contributed by atoms with Crippen molar-refractivity contribution in [2.75, 3.05) is 12.3 Å². The Morgan fingerprint density at radius 1 is 1.17 bits per heavy atom. The zero-order valence-electron chi connectivity index (χ0n) is 12.2. The average Bonchev–Trinajstić information content (AvgIpc) is 2.13. The van der Waals surface area contributed by atoms with Gasteiger partial charge in [0.2, 0.25) is 10.0 Å². The zero-order chi connectivity index (χ0) is 13.7. The Balaban J connectivity index is 0. The fourth-order valence-electron chi connectivity index (χ4n) is 1.89. The summed E-state index contributed by atoms with van der Waals surface area (Å²) in [5.41, 5.74) is 5.17. The molecule has 0 aliphatic heterocycles. The van der Waals surface area contributed by atoms with Crippen LogP contribution in [-0.4, -0.2) is 26.3 Å². The summed E-state index contributed by atoms with van der Waals surface area (Å²) in [5.74, 6) is 0.982. The summed E-state index contributed by atoms with van der Waals surface area (Å²) in [7, 11) is -3.22. The van der Waals surface area contributed by atoms with Gasteiger partial charge < -0.3 is 5.73 Å². The van der Waals surface area contributed by atoms with E-state index in [1.54, 1.807) is 0 Å². The lowest BCUT2D eigenvalue weighted by Crippen LogP contribution is -2.52. The molecular formula is C12H29ClN2O2S. The molecule has 0 bridgehead atoms. The van der Waals surface area contributed by atoms with Gasteiger partial charge in [-0.25, -0.2) is 13.1 Å². The highest BCUT2D eigenvalue weighted by atomic mass is 35.5. The first-order valence-corrected chi connectivity index (χ1v) is 7.97. The minimum Gasteiger partial charge on any atom is -0.329 e. The van der Waals surface area contributed by atoms with Crippen molar-refractivity contribution in [2.24, 2.45) is 17.6 Å². The van der Waals surface area contributed by atoms with Crippen LogP contribution >= 0.6 is 12.4 Å². The first kappa shape index (κ1) is 20.5. The molecule has 0 radical (unpaired) electrons. The van der Waals surface area contributed by atoms with Gasteiger partial charge in [-0.2, -0.15) is 0 Å². The third-order valence-electron chi connectivity index (χ3n) is 2.68. The van der Waals surface area contributed by atoms with Crippen LogP contribution in [-0.2, 0) is 10.0 Å². The third kappa shape index (κ3) is 9.14. The molecule has 6 heteroatoms. The Hall–Kier alpha value is 0.160. The van der Waals surface area contributed by atoms with Crippen molar-refractivity contribution in [1.29, 1.82) is 0 Å². The lowest BCUT2D eigenvalue weighted by Gasteiger charge is -2.30. The molecule has 1 unspecified atom stereocenters. The van der Waals surface area contributed by atoms with E-state index in [0.717, 1.165) is 6.42 Å². The van der Waals surface area contributed by atoms with Crippen molar-refractivity contribution in [3.05, 3.63) is 0 Å². The molecule has 0 saturated heterocycles. The topological polar surface area (TPSA) is 72.2 Å². The van der Waals surface area contributed by atoms with Crippen LogP contribution in [0, 0.1) is 11.8 Å². The number of rotatable bonds is 8. The Bertz CT molecular complexity index is 318. The fourth-order valence-corrected chi connectivity index (χ4v) is 3.69. The largest absolute Gasteiger partial charge is 0.329 e. The van der Waals surface area contributed by atoms with Crippen LogP contribution < -0.4 is 10.5 Å². The van der Waals surface area contributed by atoms with E-state index in [1.807, 2.05) is 20.8 Å². The van der Waals surface area contributed by atoms with Gasteiger partial charge in [0.25, 0.3) is 0 Å². The van der Waals surface area contributed by atoms with Gasteiger partial charge >= 0.3 is 0 Å². The van der Waals surface area contributed by atoms with Gasteiger partial charge in [0.05, 0.1) is 5.75 Å². The monoisotopic (exact) mass is 300 g/mol. The third-order valence-corrected chi connectivity index (χ3v) is 4.25. The quantitative estimate of drug-likeness (QED) is 0.721. The first-order chi connectivity index (χ1) is 7.60. The molecule has 0 amide bonds. The normalized spacial score (nSPS) is 15.6. The highest BCUT2D eigenvalue weighted by molar-refractivity contribution is 7.89. The van der Waals surface area contributed by atoms with Crippen molar-refractivity contribution in [3.63, 3.8) is 0 Å². The molecule has 18 heavy (non-hydrogen) atoms. The van der Waals surface area contributed by atoms with Crippen LogP contribution in [0.15, 0.2) is 0 Å². The van der Waals surface area contributed by atoms with E-state index in [-0.39, 0.29) is 18.2 Å². The summed E-state index contributed by atoms with van der Waals surface area (Å²) in [6.07, 6.45) is 1.43. The van der Waals surface area contributed by atoms with E-state index >= 15 is 0 Å². The van der Waals surface area contributed by atoms with Crippen molar-refractivity contribution in [1.82, 2.24) is 4.72 Å². The highest BCUT2D eigenvalue weighted by Crippen LogP contribution is 2.17. The second-order valence-corrected chi connectivity index (χ2v) is 7.81. The number of hydrogen-bond donors (Lipinski definition) is 2. The Morgan fingerprint density at radius 2 is 1.67 bits per heavy atom. The standard InChI is InChI=1S/C12H28N2O2S.ClH/c1-10(2)6-7-17(15,16)14-12(5,9-13)8-11(3)4;/h10-11,14H,6-9,13H2,1-5H3;1H. The maximum absolute atomic E-state index is 11.9. The van der Waals surface area contributed by atoms with E-state index in [9.17, 15) is 8.42 Å². The second-order valence-electron chi connectivity index (χ2n) is 5.97. The summed E-state index contributed by atoms with van der Waals surface area (Å²) in [5, 5.41) is 0. The molecule has 4 nitrogen and oxygen atoms in total. The number of halogens is 1. The lowest BCUT2D eigenvalue weighted by molar-refractivity contribution is 0.344. The van der Waals surface area contributed by atoms with Gasteiger partial charge in [-0.1, -0.05) is 27.7 Å². The predicted octanol–water partition coefficient (Wildman–Crippen LogP) is 2.14. The summed E-state index contributed by atoms with van der Waals surface area (Å²) in [4.78, 5) is 0. The van der Waals surface area contributed by atoms with E-state index < -0.39 is 15.6 Å². The molecule has 0 aromatic carbocycles. The van der Waals surface area contributed by atoms with E-state index in [0.29, 0.717) is 24.8 Å². The Labute approximate surface area is 119 Å². The van der Waals surface area contributed by atoms with Gasteiger partial charge in [0, 0.05) is 12.1 Å². The summed E-state index contributed by atoms with van der Waals surface area (Å²) in [6.45, 7) is 10.4. The number of nitrogens with one attached hydrogen (secondary N) is 1. The minimum atomic E-state index is -3.22. The highest BCUT2D eigenvalue weighted by Gasteiger charge is 2.29. The van der Waals surface area contributed by atoms with Crippen LogP contribution in [0.2, 0.25) is 0 Å². The van der Waals surface area contributed by atoms with Crippen molar-refractivity contribution in [2.45, 2.75) is 53.0 Å². The molecule has 112 valence electrons. The molecule has 0 aromatic heterocycles. The van der Waals surface area contributed by atoms with Gasteiger partial charge in [-0.05, 0) is 31.6 Å². The minimum absolute atomic E-state index is 0. The molecular weight excluding hydrogens is 272 g/mol. The van der Waals surface area contributed by atoms with Crippen molar-refractivity contribution < 1.29 is 8.42 Å². The molecule has 0 heterocycles. The molecule has 0 saturated carbocycles. The summed E-state index contributed by atoms with van der Waals surface area (Å²) >= 11 is 0. The maximum atomic E-state index is 11.9. The molecule has 0 spiro atoms. The molecule has 0 aromatic rings. The van der Waals surface area contributed by atoms with Gasteiger partial charge in [-0.3, -0.25) is 0 Å². The molecule has 0 aliphatic rings. The van der Waals surface area contributed by atoms with Crippen LogP contribution in [0.1, 0.15) is 47.5 Å². The van der Waals surface area contributed by atoms with E-state index in [1.165, 1.54) is 0 Å². The number of sulfonamides is 1. The maximum Gasteiger partial charge on any atom is 0.212 e. The van der Waals surface area contributed by atoms with E-state index in [2.05, 4.69) is 18.6 Å². The Morgan fingerprint density at radius 3 is 2.00 bits per heavy atom. The lowest BCUT2D eigenvalue weighted by atomic mass is 9.92. The van der Waals surface area contributed by atoms with Gasteiger partial charge in [0.1, 0.15) is 0 Å². The summed E-state index contributed by atoms with van der Waals surface area (Å²) in [6, 6.07) is 0. The smallest absolute Gasteiger partial charge is 0.212 e. The predicted molar refractivity (Wildman–Crippen MR) is 80.5 cm³/mol. The zero-order valence-corrected chi connectivity index (χ0v) is 13.8. The summed E-state index contributed by atoms with van der Waals surface area (Å²) < 4.78 is 26.6. The van der Waals surface area contributed by atoms with E-state index in [4.69, 9.17) is 5.73 Å². The number of nitrogens with two attached hydrogens (primary N) is 1. The molecule has 0 fully saturated rings. The van der Waals surface area contributed by atoms with Crippen LogP contribution in [0.5, 0.6) is 0 Å². The van der Waals surface area contributed by atoms with Crippen molar-refractivity contribution in [3.8, 4) is 0 Å². The fraction of sp³-hybridized carbons (Fsp3) is 1.00. The average molecular weight is 301 g/mol. The van der Waals surface area contributed by atoms with Gasteiger partial charge in [0.15, 0.2) is 0 Å². The molecule has 0 rings (SSSR count). The van der Waals surface area contributed by atoms with Crippen LogP contribution in [0.4, 0.5) is 0 Å². The van der Waals surface area contributed by atoms with Crippen LogP contribution in [0.25, 0.3) is 0 Å². The first-order valence-electron chi connectivity index (χ1n) is 6.32. The molecule has 3 N–H and O–H groups in total. The van der Waals surface area contributed by atoms with Crippen molar-refractivity contribution >= 4 is 22.4 Å².